The largest absolute Gasteiger partial charge is 0.494 e. The van der Waals surface area contributed by atoms with Crippen molar-refractivity contribution in [2.75, 3.05) is 23.0 Å². The minimum Gasteiger partial charge on any atom is -0.494 e. The number of thioether (sulfide) groups is 1. The molecule has 0 radical (unpaired) electrons. The Morgan fingerprint density at radius 2 is 1.51 bits per heavy atom. The Bertz CT molecular complexity index is 1530. The molecule has 0 spiro atoms. The minimum atomic E-state index is -0.468. The average Bonchev–Trinajstić information content (AvgIpc) is 2.98. The zero-order chi connectivity index (χ0) is 29.0. The molecule has 3 N–H and O–H groups in total. The van der Waals surface area contributed by atoms with Crippen molar-refractivity contribution in [2.45, 2.75) is 11.8 Å². The molecule has 0 fully saturated rings. The monoisotopic (exact) mass is 629 g/mol. The Balaban J connectivity index is 1.37. The summed E-state index contributed by atoms with van der Waals surface area (Å²) < 4.78 is 6.27. The number of halogens is 1. The summed E-state index contributed by atoms with van der Waals surface area (Å²) in [7, 11) is 0. The maximum Gasteiger partial charge on any atom is 0.272 e. The van der Waals surface area contributed by atoms with Crippen molar-refractivity contribution >= 4 is 62.9 Å². The maximum atomic E-state index is 13.2. The van der Waals surface area contributed by atoms with E-state index in [-0.39, 0.29) is 17.4 Å². The molecule has 0 aliphatic heterocycles. The Morgan fingerprint density at radius 3 is 2.20 bits per heavy atom. The first-order valence-corrected chi connectivity index (χ1v) is 14.6. The van der Waals surface area contributed by atoms with Crippen LogP contribution in [-0.2, 0) is 9.59 Å². The molecule has 0 bridgehead atoms. The first-order valence-electron chi connectivity index (χ1n) is 12.8. The van der Waals surface area contributed by atoms with Gasteiger partial charge in [-0.3, -0.25) is 14.4 Å². The van der Waals surface area contributed by atoms with Gasteiger partial charge in [0.05, 0.1) is 12.4 Å². The van der Waals surface area contributed by atoms with E-state index in [4.69, 9.17) is 4.74 Å². The highest BCUT2D eigenvalue weighted by Gasteiger charge is 2.15. The van der Waals surface area contributed by atoms with Crippen molar-refractivity contribution in [1.82, 2.24) is 5.32 Å². The molecule has 0 atom stereocenters. The number of nitrogens with one attached hydrogen (secondary N) is 3. The number of amides is 3. The van der Waals surface area contributed by atoms with Gasteiger partial charge in [-0.2, -0.15) is 0 Å². The first-order chi connectivity index (χ1) is 19.9. The molecule has 0 unspecified atom stereocenters. The van der Waals surface area contributed by atoms with Gasteiger partial charge >= 0.3 is 0 Å². The molecule has 7 nitrogen and oxygen atoms in total. The van der Waals surface area contributed by atoms with Crippen LogP contribution in [0.3, 0.4) is 0 Å². The van der Waals surface area contributed by atoms with Gasteiger partial charge in [-0.15, -0.1) is 11.8 Å². The fraction of sp³-hybridized carbons (Fsp3) is 0.0938. The van der Waals surface area contributed by atoms with Crippen LogP contribution in [0.2, 0.25) is 0 Å². The second kappa shape index (κ2) is 14.9. The highest BCUT2D eigenvalue weighted by atomic mass is 79.9. The molecule has 0 saturated heterocycles. The first kappa shape index (κ1) is 29.6. The van der Waals surface area contributed by atoms with Gasteiger partial charge in [0.15, 0.2) is 0 Å². The van der Waals surface area contributed by atoms with Crippen LogP contribution in [0.5, 0.6) is 5.75 Å². The number of carbonyl (C=O) groups excluding carboxylic acids is 3. The molecule has 0 aromatic heterocycles. The molecule has 208 valence electrons. The van der Waals surface area contributed by atoms with Crippen LogP contribution in [-0.4, -0.2) is 30.1 Å². The molecule has 4 rings (SSSR count). The van der Waals surface area contributed by atoms with Gasteiger partial charge in [-0.05, 0) is 91.4 Å². The predicted molar refractivity (Wildman–Crippen MR) is 168 cm³/mol. The highest BCUT2D eigenvalue weighted by molar-refractivity contribution is 9.10. The summed E-state index contributed by atoms with van der Waals surface area (Å²) in [5.41, 5.74) is 2.53. The second-order valence-electron chi connectivity index (χ2n) is 8.71. The quantitative estimate of drug-likeness (QED) is 0.123. The number of carbonyl (C=O) groups is 3. The van der Waals surface area contributed by atoms with Crippen LogP contribution in [0.25, 0.3) is 6.08 Å². The zero-order valence-corrected chi connectivity index (χ0v) is 24.6. The van der Waals surface area contributed by atoms with Crippen molar-refractivity contribution in [3.63, 3.8) is 0 Å². The summed E-state index contributed by atoms with van der Waals surface area (Å²) in [6, 6.07) is 30.5. The Kier molecular flexibility index (Phi) is 10.8. The Hall–Kier alpha value is -4.34. The zero-order valence-electron chi connectivity index (χ0n) is 22.2. The van der Waals surface area contributed by atoms with E-state index >= 15 is 0 Å². The third-order valence-electron chi connectivity index (χ3n) is 5.62. The van der Waals surface area contributed by atoms with Gasteiger partial charge in [0, 0.05) is 26.3 Å². The summed E-state index contributed by atoms with van der Waals surface area (Å²) in [5.74, 6) is -0.0136. The number of hydrogen-bond donors (Lipinski definition) is 3. The van der Waals surface area contributed by atoms with Crippen LogP contribution < -0.4 is 20.7 Å². The normalized spacial score (nSPS) is 10.9. The van der Waals surface area contributed by atoms with E-state index in [0.29, 0.717) is 23.5 Å². The van der Waals surface area contributed by atoms with E-state index in [1.807, 2.05) is 61.5 Å². The van der Waals surface area contributed by atoms with Gasteiger partial charge < -0.3 is 20.7 Å². The number of anilines is 2. The van der Waals surface area contributed by atoms with E-state index in [1.54, 1.807) is 54.6 Å². The summed E-state index contributed by atoms with van der Waals surface area (Å²) in [5, 5.41) is 8.44. The fourth-order valence-electron chi connectivity index (χ4n) is 3.69. The minimum absolute atomic E-state index is 0.0985. The molecule has 4 aromatic carbocycles. The highest BCUT2D eigenvalue weighted by Crippen LogP contribution is 2.22. The smallest absolute Gasteiger partial charge is 0.272 e. The second-order valence-corrected chi connectivity index (χ2v) is 10.7. The fourth-order valence-corrected chi connectivity index (χ4v) is 4.80. The summed E-state index contributed by atoms with van der Waals surface area (Å²) in [6.07, 6.45) is 1.62. The SMILES string of the molecule is CCOc1ccc(NC(=O)CSc2ccc(NC(=O)/C(=C/c3cccc(Br)c3)NC(=O)c3ccccc3)cc2)cc1. The van der Waals surface area contributed by atoms with Crippen LogP contribution in [0.1, 0.15) is 22.8 Å². The van der Waals surface area contributed by atoms with E-state index in [0.717, 1.165) is 20.7 Å². The van der Waals surface area contributed by atoms with Gasteiger partial charge in [0.2, 0.25) is 5.91 Å². The predicted octanol–water partition coefficient (Wildman–Crippen LogP) is 6.99. The van der Waals surface area contributed by atoms with Crippen molar-refractivity contribution in [1.29, 1.82) is 0 Å². The molecule has 0 saturated carbocycles. The van der Waals surface area contributed by atoms with E-state index in [9.17, 15) is 14.4 Å². The molecule has 41 heavy (non-hydrogen) atoms. The van der Waals surface area contributed by atoms with Crippen molar-refractivity contribution < 1.29 is 19.1 Å². The van der Waals surface area contributed by atoms with Gasteiger partial charge in [0.1, 0.15) is 11.4 Å². The Morgan fingerprint density at radius 1 is 0.829 bits per heavy atom. The van der Waals surface area contributed by atoms with E-state index in [1.165, 1.54) is 11.8 Å². The molecule has 3 amide bonds. The van der Waals surface area contributed by atoms with Crippen molar-refractivity contribution in [3.8, 4) is 5.75 Å². The average molecular weight is 631 g/mol. The molecule has 0 aliphatic rings. The molecule has 0 heterocycles. The molecule has 4 aromatic rings. The topological polar surface area (TPSA) is 96.5 Å². The number of benzene rings is 4. The summed E-state index contributed by atoms with van der Waals surface area (Å²) in [6.45, 7) is 2.50. The molecular formula is C32H28BrN3O4S. The molecule has 0 aliphatic carbocycles. The van der Waals surface area contributed by atoms with Crippen LogP contribution in [0.15, 0.2) is 118 Å². The standard InChI is InChI=1S/C32H28BrN3O4S/c1-2-40-27-15-11-25(12-16-27)34-30(37)21-41-28-17-13-26(14-18-28)35-32(39)29(20-22-7-6-10-24(33)19-22)36-31(38)23-8-4-3-5-9-23/h3-20H,2,21H2,1H3,(H,34,37)(H,35,39)(H,36,38)/b29-20-. The van der Waals surface area contributed by atoms with Gasteiger partial charge in [-0.25, -0.2) is 0 Å². The van der Waals surface area contributed by atoms with E-state index in [2.05, 4.69) is 31.9 Å². The lowest BCUT2D eigenvalue weighted by molar-refractivity contribution is -0.114. The van der Waals surface area contributed by atoms with Crippen LogP contribution in [0.4, 0.5) is 11.4 Å². The summed E-state index contributed by atoms with van der Waals surface area (Å²) in [4.78, 5) is 39.3. The number of ether oxygens (including phenoxy) is 1. The van der Waals surface area contributed by atoms with Gasteiger partial charge in [-0.1, -0.05) is 46.3 Å². The third-order valence-corrected chi connectivity index (χ3v) is 7.12. The lowest BCUT2D eigenvalue weighted by Gasteiger charge is -2.12. The van der Waals surface area contributed by atoms with Crippen molar-refractivity contribution in [3.05, 3.63) is 124 Å². The summed E-state index contributed by atoms with van der Waals surface area (Å²) >= 11 is 4.81. The maximum absolute atomic E-state index is 13.2. The number of rotatable bonds is 11. The lowest BCUT2D eigenvalue weighted by Crippen LogP contribution is -2.30. The lowest BCUT2D eigenvalue weighted by atomic mass is 10.1. The Labute approximate surface area is 251 Å². The number of hydrogen-bond acceptors (Lipinski definition) is 5. The van der Waals surface area contributed by atoms with Crippen LogP contribution >= 0.6 is 27.7 Å². The van der Waals surface area contributed by atoms with E-state index < -0.39 is 11.8 Å². The molecular weight excluding hydrogens is 602 g/mol. The van der Waals surface area contributed by atoms with Crippen molar-refractivity contribution in [2.24, 2.45) is 0 Å². The molecule has 9 heteroatoms. The third kappa shape index (κ3) is 9.37. The van der Waals surface area contributed by atoms with Crippen LogP contribution in [0, 0.1) is 0 Å². The van der Waals surface area contributed by atoms with Gasteiger partial charge in [0.25, 0.3) is 11.8 Å².